The van der Waals surface area contributed by atoms with Gasteiger partial charge in [0.25, 0.3) is 0 Å². The Morgan fingerprint density at radius 3 is 2.61 bits per heavy atom. The lowest BCUT2D eigenvalue weighted by atomic mass is 9.73. The molecule has 4 atom stereocenters. The van der Waals surface area contributed by atoms with Gasteiger partial charge in [0.05, 0.1) is 24.4 Å². The molecule has 0 N–H and O–H groups in total. The smallest absolute Gasteiger partial charge is 0.128 e. The van der Waals surface area contributed by atoms with Gasteiger partial charge in [0.2, 0.25) is 0 Å². The molecule has 0 saturated carbocycles. The van der Waals surface area contributed by atoms with Crippen molar-refractivity contribution in [3.63, 3.8) is 0 Å². The van der Waals surface area contributed by atoms with Crippen molar-refractivity contribution in [2.45, 2.75) is 70.6 Å². The van der Waals surface area contributed by atoms with E-state index in [1.54, 1.807) is 12.1 Å². The van der Waals surface area contributed by atoms with Crippen molar-refractivity contribution in [3.05, 3.63) is 35.6 Å². The van der Waals surface area contributed by atoms with E-state index in [9.17, 15) is 4.39 Å². The summed E-state index contributed by atoms with van der Waals surface area (Å²) < 4.78 is 32.3. The topological polar surface area (TPSA) is 27.7 Å². The molecule has 128 valence electrons. The fraction of sp³-hybridized carbons (Fsp3) is 0.684. The summed E-state index contributed by atoms with van der Waals surface area (Å²) in [4.78, 5) is 0. The lowest BCUT2D eigenvalue weighted by Crippen LogP contribution is -2.48. The van der Waals surface area contributed by atoms with Crippen LogP contribution in [-0.2, 0) is 20.8 Å². The number of rotatable bonds is 6. The minimum Gasteiger partial charge on any atom is -0.375 e. The normalized spacial score (nSPS) is 36.1. The van der Waals surface area contributed by atoms with Gasteiger partial charge in [-0.3, -0.25) is 0 Å². The average Bonchev–Trinajstić information content (AvgIpc) is 2.96. The SMILES string of the molecule is CCO[C@H]1C[C@]2(C)O[C@@]1(C(C)C)C[C@H]2OCc1ccccc1F. The van der Waals surface area contributed by atoms with E-state index in [2.05, 4.69) is 20.8 Å². The van der Waals surface area contributed by atoms with Gasteiger partial charge in [-0.05, 0) is 25.8 Å². The van der Waals surface area contributed by atoms with Crippen LogP contribution in [0.4, 0.5) is 4.39 Å². The number of halogens is 1. The Morgan fingerprint density at radius 2 is 1.96 bits per heavy atom. The van der Waals surface area contributed by atoms with Crippen molar-refractivity contribution in [3.8, 4) is 0 Å². The molecule has 3 nitrogen and oxygen atoms in total. The van der Waals surface area contributed by atoms with Crippen LogP contribution in [0.5, 0.6) is 0 Å². The molecular formula is C19H27FO3. The third-order valence-electron chi connectivity index (χ3n) is 5.49. The van der Waals surface area contributed by atoms with Crippen LogP contribution >= 0.6 is 0 Å². The van der Waals surface area contributed by atoms with E-state index in [0.29, 0.717) is 18.1 Å². The summed E-state index contributed by atoms with van der Waals surface area (Å²) in [6.07, 6.45) is 1.73. The van der Waals surface area contributed by atoms with Crippen LogP contribution in [0, 0.1) is 11.7 Å². The molecule has 0 unspecified atom stereocenters. The Balaban J connectivity index is 1.73. The lowest BCUT2D eigenvalue weighted by molar-refractivity contribution is -0.117. The Morgan fingerprint density at radius 1 is 1.22 bits per heavy atom. The summed E-state index contributed by atoms with van der Waals surface area (Å²) in [5, 5.41) is 0. The number of ether oxygens (including phenoxy) is 3. The highest BCUT2D eigenvalue weighted by Crippen LogP contribution is 2.56. The molecule has 0 aromatic heterocycles. The highest BCUT2D eigenvalue weighted by Gasteiger charge is 2.66. The van der Waals surface area contributed by atoms with Crippen molar-refractivity contribution in [2.24, 2.45) is 5.92 Å². The highest BCUT2D eigenvalue weighted by molar-refractivity contribution is 5.18. The summed E-state index contributed by atoms with van der Waals surface area (Å²) in [7, 11) is 0. The fourth-order valence-corrected chi connectivity index (χ4v) is 4.13. The first-order valence-electron chi connectivity index (χ1n) is 8.58. The summed E-state index contributed by atoms with van der Waals surface area (Å²) in [5.74, 6) is 0.135. The second-order valence-electron chi connectivity index (χ2n) is 7.27. The van der Waals surface area contributed by atoms with Crippen molar-refractivity contribution in [1.82, 2.24) is 0 Å². The zero-order valence-corrected chi connectivity index (χ0v) is 14.5. The van der Waals surface area contributed by atoms with Crippen molar-refractivity contribution < 1.29 is 18.6 Å². The van der Waals surface area contributed by atoms with Gasteiger partial charge >= 0.3 is 0 Å². The maximum Gasteiger partial charge on any atom is 0.128 e. The molecule has 0 amide bonds. The second kappa shape index (κ2) is 6.15. The van der Waals surface area contributed by atoms with E-state index >= 15 is 0 Å². The molecule has 23 heavy (non-hydrogen) atoms. The van der Waals surface area contributed by atoms with E-state index in [-0.39, 0.29) is 35.8 Å². The molecular weight excluding hydrogens is 295 g/mol. The van der Waals surface area contributed by atoms with Gasteiger partial charge < -0.3 is 14.2 Å². The van der Waals surface area contributed by atoms with Crippen LogP contribution in [0.2, 0.25) is 0 Å². The van der Waals surface area contributed by atoms with E-state index in [0.717, 1.165) is 12.8 Å². The van der Waals surface area contributed by atoms with Crippen molar-refractivity contribution in [1.29, 1.82) is 0 Å². The first-order chi connectivity index (χ1) is 10.9. The van der Waals surface area contributed by atoms with Gasteiger partial charge in [-0.15, -0.1) is 0 Å². The minimum atomic E-state index is -0.352. The first-order valence-corrected chi connectivity index (χ1v) is 8.58. The molecule has 2 saturated heterocycles. The number of hydrogen-bond acceptors (Lipinski definition) is 3. The monoisotopic (exact) mass is 322 g/mol. The van der Waals surface area contributed by atoms with Crippen LogP contribution < -0.4 is 0 Å². The molecule has 0 spiro atoms. The van der Waals surface area contributed by atoms with Crippen LogP contribution in [0.25, 0.3) is 0 Å². The Labute approximate surface area is 138 Å². The highest BCUT2D eigenvalue weighted by atomic mass is 19.1. The van der Waals surface area contributed by atoms with Gasteiger partial charge in [-0.1, -0.05) is 32.0 Å². The predicted octanol–water partition coefficient (Wildman–Crippen LogP) is 4.09. The molecule has 3 rings (SSSR count). The lowest BCUT2D eigenvalue weighted by Gasteiger charge is -2.38. The molecule has 1 aromatic rings. The Hall–Kier alpha value is -0.970. The Bertz CT molecular complexity index is 561. The predicted molar refractivity (Wildman–Crippen MR) is 86.7 cm³/mol. The van der Waals surface area contributed by atoms with Crippen molar-refractivity contribution in [2.75, 3.05) is 6.61 Å². The number of fused-ring (bicyclic) bond motifs is 2. The largest absolute Gasteiger partial charge is 0.375 e. The molecule has 2 aliphatic heterocycles. The summed E-state index contributed by atoms with van der Waals surface area (Å²) in [5.41, 5.74) is -0.0427. The second-order valence-corrected chi connectivity index (χ2v) is 7.27. The van der Waals surface area contributed by atoms with Crippen LogP contribution in [0.3, 0.4) is 0 Å². The van der Waals surface area contributed by atoms with Gasteiger partial charge in [0.15, 0.2) is 0 Å². The summed E-state index contributed by atoms with van der Waals surface area (Å²) >= 11 is 0. The third kappa shape index (κ3) is 2.81. The van der Waals surface area contributed by atoms with Crippen LogP contribution in [0.15, 0.2) is 24.3 Å². The quantitative estimate of drug-likeness (QED) is 0.789. The molecule has 4 heteroatoms. The van der Waals surface area contributed by atoms with E-state index in [1.165, 1.54) is 6.07 Å². The molecule has 0 aliphatic carbocycles. The average molecular weight is 322 g/mol. The van der Waals surface area contributed by atoms with Gasteiger partial charge in [0, 0.05) is 25.0 Å². The minimum absolute atomic E-state index is 0.0267. The third-order valence-corrected chi connectivity index (χ3v) is 5.49. The Kier molecular flexibility index (Phi) is 4.51. The summed E-state index contributed by atoms with van der Waals surface area (Å²) in [6, 6.07) is 6.77. The molecule has 2 aliphatic rings. The fourth-order valence-electron chi connectivity index (χ4n) is 4.13. The molecule has 1 aromatic carbocycles. The van der Waals surface area contributed by atoms with Gasteiger partial charge in [-0.25, -0.2) is 4.39 Å². The molecule has 2 heterocycles. The van der Waals surface area contributed by atoms with E-state index < -0.39 is 0 Å². The van der Waals surface area contributed by atoms with Crippen LogP contribution in [0.1, 0.15) is 46.1 Å². The number of benzene rings is 1. The van der Waals surface area contributed by atoms with E-state index in [1.807, 2.05) is 13.0 Å². The summed E-state index contributed by atoms with van der Waals surface area (Å²) in [6.45, 7) is 9.45. The standard InChI is InChI=1S/C19H27FO3/c1-5-21-17-10-18(4)16(11-19(17,23-18)13(2)3)22-12-14-8-6-7-9-15(14)20/h6-9,13,16-17H,5,10-12H2,1-4H3/t16-,17+,18+,19-/m1/s1. The first kappa shape index (κ1) is 16.9. The van der Waals surface area contributed by atoms with Gasteiger partial charge in [-0.2, -0.15) is 0 Å². The maximum atomic E-state index is 13.8. The molecule has 0 radical (unpaired) electrons. The number of hydrogen-bond donors (Lipinski definition) is 0. The van der Waals surface area contributed by atoms with Crippen LogP contribution in [-0.4, -0.2) is 30.0 Å². The molecule has 2 bridgehead atoms. The zero-order valence-electron chi connectivity index (χ0n) is 14.5. The van der Waals surface area contributed by atoms with E-state index in [4.69, 9.17) is 14.2 Å². The maximum absolute atomic E-state index is 13.8. The van der Waals surface area contributed by atoms with Gasteiger partial charge in [0.1, 0.15) is 11.4 Å². The molecule has 2 fully saturated rings. The van der Waals surface area contributed by atoms with Crippen molar-refractivity contribution >= 4 is 0 Å². The zero-order chi connectivity index (χ0) is 16.7.